The maximum Gasteiger partial charge on any atom is 0.239 e. The highest BCUT2D eigenvalue weighted by Crippen LogP contribution is 2.37. The van der Waals surface area contributed by atoms with Crippen molar-refractivity contribution in [1.29, 1.82) is 0 Å². The van der Waals surface area contributed by atoms with Crippen molar-refractivity contribution in [3.05, 3.63) is 29.9 Å². The van der Waals surface area contributed by atoms with E-state index in [0.717, 1.165) is 23.0 Å². The van der Waals surface area contributed by atoms with Crippen molar-refractivity contribution >= 4 is 11.8 Å². The second kappa shape index (κ2) is 10.6. The molecule has 10 heteroatoms. The van der Waals surface area contributed by atoms with Crippen LogP contribution in [-0.4, -0.2) is 52.8 Å². The number of nitrogens with zero attached hydrogens (tertiary/aromatic N) is 5. The number of thioether (sulfide) groups is 1. The lowest BCUT2D eigenvalue weighted by molar-refractivity contribution is 0.189. The van der Waals surface area contributed by atoms with E-state index in [1.165, 1.54) is 11.8 Å². The van der Waals surface area contributed by atoms with Crippen molar-refractivity contribution in [1.82, 2.24) is 24.9 Å². The fourth-order valence-corrected chi connectivity index (χ4v) is 3.89. The molecule has 168 valence electrons. The highest BCUT2D eigenvalue weighted by Gasteiger charge is 2.22. The summed E-state index contributed by atoms with van der Waals surface area (Å²) < 4.78 is 23.6. The lowest BCUT2D eigenvalue weighted by Crippen LogP contribution is -2.06. The topological polar surface area (TPSA) is 97.3 Å². The summed E-state index contributed by atoms with van der Waals surface area (Å²) >= 11 is 1.54. The number of ether oxygens (including phenoxy) is 3. The highest BCUT2D eigenvalue weighted by molar-refractivity contribution is 7.99. The van der Waals surface area contributed by atoms with E-state index in [0.29, 0.717) is 36.4 Å². The van der Waals surface area contributed by atoms with Gasteiger partial charge in [0.1, 0.15) is 0 Å². The molecule has 0 radical (unpaired) electrons. The second-order valence-electron chi connectivity index (χ2n) is 7.28. The molecular weight excluding hydrogens is 418 g/mol. The summed E-state index contributed by atoms with van der Waals surface area (Å²) in [7, 11) is 4.92. The zero-order chi connectivity index (χ0) is 22.4. The molecule has 1 aromatic carbocycles. The number of aromatic nitrogens is 5. The van der Waals surface area contributed by atoms with Crippen LogP contribution in [0, 0.1) is 0 Å². The third kappa shape index (κ3) is 5.37. The molecule has 0 fully saturated rings. The minimum atomic E-state index is -0.0661. The minimum absolute atomic E-state index is 0.0661. The van der Waals surface area contributed by atoms with Gasteiger partial charge in [0, 0.05) is 31.7 Å². The van der Waals surface area contributed by atoms with Crippen LogP contribution in [0.1, 0.15) is 50.1 Å². The van der Waals surface area contributed by atoms with Gasteiger partial charge in [0.05, 0.1) is 19.5 Å². The van der Waals surface area contributed by atoms with Crippen LogP contribution < -0.4 is 9.47 Å². The van der Waals surface area contributed by atoms with Crippen LogP contribution in [0.25, 0.3) is 11.4 Å². The van der Waals surface area contributed by atoms with Crippen LogP contribution in [0.3, 0.4) is 0 Å². The lowest BCUT2D eigenvalue weighted by atomic mass is 10.2. The number of hydrogen-bond acceptors (Lipinski definition) is 9. The quantitative estimate of drug-likeness (QED) is 0.314. The van der Waals surface area contributed by atoms with E-state index in [1.54, 1.807) is 21.3 Å². The average Bonchev–Trinajstić information content (AvgIpc) is 3.41. The maximum absolute atomic E-state index is 5.46. The predicted octanol–water partition coefficient (Wildman–Crippen LogP) is 4.36. The first kappa shape index (κ1) is 23.1. The summed E-state index contributed by atoms with van der Waals surface area (Å²) in [6.07, 6.45) is 0.828. The molecule has 31 heavy (non-hydrogen) atoms. The van der Waals surface area contributed by atoms with Crippen LogP contribution in [0.15, 0.2) is 27.9 Å². The van der Waals surface area contributed by atoms with E-state index in [-0.39, 0.29) is 11.2 Å². The van der Waals surface area contributed by atoms with E-state index in [2.05, 4.69) is 24.9 Å². The van der Waals surface area contributed by atoms with Crippen LogP contribution in [-0.2, 0) is 11.3 Å². The zero-order valence-corrected chi connectivity index (χ0v) is 19.6. The Morgan fingerprint density at radius 3 is 2.48 bits per heavy atom. The van der Waals surface area contributed by atoms with Crippen LogP contribution in [0.2, 0.25) is 0 Å². The van der Waals surface area contributed by atoms with Gasteiger partial charge in [-0.1, -0.05) is 30.8 Å². The van der Waals surface area contributed by atoms with Gasteiger partial charge < -0.3 is 23.3 Å². The van der Waals surface area contributed by atoms with E-state index in [1.807, 2.05) is 39.0 Å². The molecule has 2 aromatic heterocycles. The Bertz CT molecular complexity index is 988. The fourth-order valence-electron chi connectivity index (χ4n) is 2.99. The monoisotopic (exact) mass is 447 g/mol. The van der Waals surface area contributed by atoms with Gasteiger partial charge >= 0.3 is 0 Å². The summed E-state index contributed by atoms with van der Waals surface area (Å²) in [5.74, 6) is 3.55. The summed E-state index contributed by atoms with van der Waals surface area (Å²) in [6, 6.07) is 5.72. The summed E-state index contributed by atoms with van der Waals surface area (Å²) in [5.41, 5.74) is 0.891. The van der Waals surface area contributed by atoms with E-state index in [9.17, 15) is 0 Å². The van der Waals surface area contributed by atoms with Crippen LogP contribution in [0.4, 0.5) is 0 Å². The van der Waals surface area contributed by atoms with Crippen molar-refractivity contribution < 1.29 is 18.7 Å². The standard InChI is InChI=1S/C21H29N5O4S/c1-13(2)18-22-20(30-25-18)14(3)31-21-24-23-19(26(21)10-7-11-27-4)15-8-9-16(28-5)17(12-15)29-6/h8-9,12-14H,7,10-11H2,1-6H3/t14-/m0/s1. The second-order valence-corrected chi connectivity index (χ2v) is 8.59. The first-order chi connectivity index (χ1) is 15.0. The molecule has 0 bridgehead atoms. The van der Waals surface area contributed by atoms with Gasteiger partial charge in [0.2, 0.25) is 5.89 Å². The molecule has 2 heterocycles. The normalized spacial score (nSPS) is 12.4. The van der Waals surface area contributed by atoms with Gasteiger partial charge in [-0.05, 0) is 31.5 Å². The van der Waals surface area contributed by atoms with Gasteiger partial charge in [-0.3, -0.25) is 0 Å². The molecule has 0 aliphatic heterocycles. The Kier molecular flexibility index (Phi) is 7.91. The fraction of sp³-hybridized carbons (Fsp3) is 0.524. The van der Waals surface area contributed by atoms with Crippen molar-refractivity contribution in [2.45, 2.75) is 50.1 Å². The average molecular weight is 448 g/mol. The van der Waals surface area contributed by atoms with Gasteiger partial charge in [-0.25, -0.2) is 0 Å². The number of methoxy groups -OCH3 is 3. The van der Waals surface area contributed by atoms with E-state index < -0.39 is 0 Å². The molecule has 0 N–H and O–H groups in total. The minimum Gasteiger partial charge on any atom is -0.493 e. The zero-order valence-electron chi connectivity index (χ0n) is 18.8. The summed E-state index contributed by atoms with van der Waals surface area (Å²) in [5, 5.41) is 13.7. The van der Waals surface area contributed by atoms with Crippen molar-refractivity contribution in [2.75, 3.05) is 27.9 Å². The first-order valence-electron chi connectivity index (χ1n) is 10.1. The van der Waals surface area contributed by atoms with Crippen molar-refractivity contribution in [2.24, 2.45) is 0 Å². The summed E-state index contributed by atoms with van der Waals surface area (Å²) in [6.45, 7) is 7.44. The molecule has 0 unspecified atom stereocenters. The maximum atomic E-state index is 5.46. The SMILES string of the molecule is COCCCn1c(S[C@@H](C)c2nc(C(C)C)no2)nnc1-c1ccc(OC)c(OC)c1. The van der Waals surface area contributed by atoms with Crippen molar-refractivity contribution in [3.8, 4) is 22.9 Å². The van der Waals surface area contributed by atoms with E-state index >= 15 is 0 Å². The largest absolute Gasteiger partial charge is 0.493 e. The molecule has 0 saturated carbocycles. The van der Waals surface area contributed by atoms with Crippen LogP contribution in [0.5, 0.6) is 11.5 Å². The Hall–Kier alpha value is -2.59. The molecule has 9 nitrogen and oxygen atoms in total. The molecule has 0 saturated heterocycles. The molecular formula is C21H29N5O4S. The van der Waals surface area contributed by atoms with Crippen molar-refractivity contribution in [3.63, 3.8) is 0 Å². The molecule has 0 spiro atoms. The number of rotatable bonds is 11. The molecule has 0 aliphatic carbocycles. The van der Waals surface area contributed by atoms with E-state index in [4.69, 9.17) is 18.7 Å². The Labute approximate surface area is 186 Å². The third-order valence-electron chi connectivity index (χ3n) is 4.69. The molecule has 3 rings (SSSR count). The molecule has 0 amide bonds. The molecule has 3 aromatic rings. The molecule has 0 aliphatic rings. The lowest BCUT2D eigenvalue weighted by Gasteiger charge is -2.13. The van der Waals surface area contributed by atoms with Gasteiger partial charge in [-0.2, -0.15) is 4.98 Å². The molecule has 1 atom stereocenters. The summed E-state index contributed by atoms with van der Waals surface area (Å²) in [4.78, 5) is 4.51. The Morgan fingerprint density at radius 2 is 1.84 bits per heavy atom. The smallest absolute Gasteiger partial charge is 0.239 e. The number of hydrogen-bond donors (Lipinski definition) is 0. The Balaban J connectivity index is 1.91. The third-order valence-corrected chi connectivity index (χ3v) is 5.76. The number of benzene rings is 1. The highest BCUT2D eigenvalue weighted by atomic mass is 32.2. The van der Waals surface area contributed by atoms with Crippen LogP contribution >= 0.6 is 11.8 Å². The van der Waals surface area contributed by atoms with Gasteiger partial charge in [0.15, 0.2) is 28.3 Å². The predicted molar refractivity (Wildman–Crippen MR) is 118 cm³/mol. The van der Waals surface area contributed by atoms with Gasteiger partial charge in [0.25, 0.3) is 0 Å². The van der Waals surface area contributed by atoms with Gasteiger partial charge in [-0.15, -0.1) is 10.2 Å². The first-order valence-corrected chi connectivity index (χ1v) is 11.0. The Morgan fingerprint density at radius 1 is 1.06 bits per heavy atom.